The number of ether oxygens (including phenoxy) is 1. The van der Waals surface area contributed by atoms with Crippen LogP contribution in [0.1, 0.15) is 25.8 Å². The van der Waals surface area contributed by atoms with Gasteiger partial charge in [-0.15, -0.1) is 0 Å². The number of esters is 1. The molecule has 8 heteroatoms. The van der Waals surface area contributed by atoms with Gasteiger partial charge in [-0.3, -0.25) is 9.59 Å². The van der Waals surface area contributed by atoms with E-state index in [1.54, 1.807) is 12.3 Å². The fraction of sp³-hybridized carbons (Fsp3) is 0.421. The number of benzene rings is 1. The van der Waals surface area contributed by atoms with Crippen molar-refractivity contribution in [3.63, 3.8) is 0 Å². The first kappa shape index (κ1) is 20.4. The molecule has 0 aliphatic heterocycles. The molecule has 1 heterocycles. The molecule has 0 saturated heterocycles. The van der Waals surface area contributed by atoms with Gasteiger partial charge in [-0.25, -0.2) is 9.18 Å². The van der Waals surface area contributed by atoms with E-state index < -0.39 is 17.9 Å². The molecule has 0 spiro atoms. The molecular formula is C19H24FN3O4. The largest absolute Gasteiger partial charge is 0.467 e. The third-order valence-corrected chi connectivity index (χ3v) is 4.05. The van der Waals surface area contributed by atoms with E-state index in [0.29, 0.717) is 17.5 Å². The number of amides is 2. The molecule has 27 heavy (non-hydrogen) atoms. The number of carbonyl (C=O) groups excluding carboxylic acids is 3. The van der Waals surface area contributed by atoms with Gasteiger partial charge in [-0.05, 0) is 36.1 Å². The second kappa shape index (κ2) is 9.16. The second-order valence-corrected chi connectivity index (χ2v) is 6.73. The van der Waals surface area contributed by atoms with Crippen LogP contribution in [-0.2, 0) is 25.5 Å². The van der Waals surface area contributed by atoms with Crippen molar-refractivity contribution >= 4 is 28.7 Å². The van der Waals surface area contributed by atoms with Crippen molar-refractivity contribution in [1.29, 1.82) is 0 Å². The van der Waals surface area contributed by atoms with Crippen LogP contribution < -0.4 is 10.6 Å². The molecule has 1 aromatic heterocycles. The Hall–Kier alpha value is -2.90. The van der Waals surface area contributed by atoms with E-state index in [9.17, 15) is 18.8 Å². The van der Waals surface area contributed by atoms with E-state index in [1.807, 2.05) is 13.8 Å². The number of nitrogens with one attached hydrogen (secondary N) is 3. The molecule has 0 aliphatic carbocycles. The number of aromatic nitrogens is 1. The van der Waals surface area contributed by atoms with Crippen molar-refractivity contribution in [3.8, 4) is 0 Å². The second-order valence-electron chi connectivity index (χ2n) is 6.73. The molecular weight excluding hydrogens is 353 g/mol. The summed E-state index contributed by atoms with van der Waals surface area (Å²) in [7, 11) is 1.26. The molecule has 0 saturated carbocycles. The van der Waals surface area contributed by atoms with Crippen molar-refractivity contribution < 1.29 is 23.5 Å². The Kier molecular flexibility index (Phi) is 6.92. The summed E-state index contributed by atoms with van der Waals surface area (Å²) >= 11 is 0. The molecule has 0 radical (unpaired) electrons. The third kappa shape index (κ3) is 5.80. The molecule has 0 fully saturated rings. The minimum absolute atomic E-state index is 0.0470. The molecule has 1 aromatic carbocycles. The van der Waals surface area contributed by atoms with Gasteiger partial charge in [0.1, 0.15) is 11.9 Å². The number of carbonyl (C=O) groups is 3. The van der Waals surface area contributed by atoms with Crippen molar-refractivity contribution in [1.82, 2.24) is 15.6 Å². The molecule has 3 N–H and O–H groups in total. The van der Waals surface area contributed by atoms with Gasteiger partial charge in [0, 0.05) is 17.1 Å². The SMILES string of the molecule is COC(=O)[C@H](CC(C)C)NC(=O)CNC(=O)Cc1c[nH]c2cc(F)ccc12. The Morgan fingerprint density at radius 1 is 1.22 bits per heavy atom. The average molecular weight is 377 g/mol. The highest BCUT2D eigenvalue weighted by Crippen LogP contribution is 2.19. The van der Waals surface area contributed by atoms with Crippen LogP contribution in [0.25, 0.3) is 10.9 Å². The number of fused-ring (bicyclic) bond motifs is 1. The van der Waals surface area contributed by atoms with E-state index in [-0.39, 0.29) is 30.6 Å². The highest BCUT2D eigenvalue weighted by molar-refractivity contribution is 5.91. The lowest BCUT2D eigenvalue weighted by Gasteiger charge is -2.18. The molecule has 2 amide bonds. The Morgan fingerprint density at radius 3 is 2.63 bits per heavy atom. The summed E-state index contributed by atoms with van der Waals surface area (Å²) in [6.07, 6.45) is 2.13. The van der Waals surface area contributed by atoms with Gasteiger partial charge < -0.3 is 20.4 Å². The lowest BCUT2D eigenvalue weighted by atomic mass is 10.0. The smallest absolute Gasteiger partial charge is 0.328 e. The molecule has 0 aliphatic rings. The fourth-order valence-electron chi connectivity index (χ4n) is 2.79. The van der Waals surface area contributed by atoms with E-state index in [1.165, 1.54) is 19.2 Å². The lowest BCUT2D eigenvalue weighted by molar-refractivity contribution is -0.145. The first-order valence-electron chi connectivity index (χ1n) is 8.69. The number of rotatable bonds is 8. The molecule has 146 valence electrons. The van der Waals surface area contributed by atoms with E-state index >= 15 is 0 Å². The van der Waals surface area contributed by atoms with E-state index in [4.69, 9.17) is 0 Å². The topological polar surface area (TPSA) is 100 Å². The summed E-state index contributed by atoms with van der Waals surface area (Å²) in [5.74, 6) is -1.52. The van der Waals surface area contributed by atoms with Gasteiger partial charge in [0.25, 0.3) is 0 Å². The Labute approximate surface area is 156 Å². The maximum atomic E-state index is 13.2. The Balaban J connectivity index is 1.88. The standard InChI is InChI=1S/C19H24FN3O4/c1-11(2)6-16(19(26)27-3)23-18(25)10-22-17(24)7-12-9-21-15-8-13(20)4-5-14(12)15/h4-5,8-9,11,16,21H,6-7,10H2,1-3H3,(H,22,24)(H,23,25)/t16-/m0/s1. The summed E-state index contributed by atoms with van der Waals surface area (Å²) in [6, 6.07) is 3.53. The highest BCUT2D eigenvalue weighted by atomic mass is 19.1. The van der Waals surface area contributed by atoms with Crippen LogP contribution in [-0.4, -0.2) is 42.5 Å². The fourth-order valence-corrected chi connectivity index (χ4v) is 2.79. The van der Waals surface area contributed by atoms with Crippen LogP contribution in [0.3, 0.4) is 0 Å². The summed E-state index contributed by atoms with van der Waals surface area (Å²) in [6.45, 7) is 3.61. The molecule has 0 unspecified atom stereocenters. The Morgan fingerprint density at radius 2 is 1.96 bits per heavy atom. The van der Waals surface area contributed by atoms with Crippen molar-refractivity contribution in [2.75, 3.05) is 13.7 Å². The number of halogens is 1. The average Bonchev–Trinajstić information content (AvgIpc) is 3.00. The predicted molar refractivity (Wildman–Crippen MR) is 98.4 cm³/mol. The number of aromatic amines is 1. The third-order valence-electron chi connectivity index (χ3n) is 4.05. The van der Waals surface area contributed by atoms with Gasteiger partial charge in [0.2, 0.25) is 11.8 Å². The van der Waals surface area contributed by atoms with Crippen LogP contribution in [0, 0.1) is 11.7 Å². The van der Waals surface area contributed by atoms with Gasteiger partial charge >= 0.3 is 5.97 Å². The molecule has 7 nitrogen and oxygen atoms in total. The zero-order valence-electron chi connectivity index (χ0n) is 15.6. The van der Waals surface area contributed by atoms with Gasteiger partial charge in [0.15, 0.2) is 0 Å². The summed E-state index contributed by atoms with van der Waals surface area (Å²) in [4.78, 5) is 38.8. The first-order valence-corrected chi connectivity index (χ1v) is 8.69. The maximum absolute atomic E-state index is 13.2. The summed E-state index contributed by atoms with van der Waals surface area (Å²) < 4.78 is 17.9. The number of methoxy groups -OCH3 is 1. The van der Waals surface area contributed by atoms with Gasteiger partial charge in [-0.1, -0.05) is 13.8 Å². The van der Waals surface area contributed by atoms with Crippen LogP contribution in [0.5, 0.6) is 0 Å². The summed E-state index contributed by atoms with van der Waals surface area (Å²) in [5.41, 5.74) is 1.31. The van der Waals surface area contributed by atoms with Crippen LogP contribution in [0.4, 0.5) is 4.39 Å². The van der Waals surface area contributed by atoms with Gasteiger partial charge in [-0.2, -0.15) is 0 Å². The van der Waals surface area contributed by atoms with Crippen LogP contribution in [0.2, 0.25) is 0 Å². The van der Waals surface area contributed by atoms with Gasteiger partial charge in [0.05, 0.1) is 20.1 Å². The summed E-state index contributed by atoms with van der Waals surface area (Å²) in [5, 5.41) is 5.84. The van der Waals surface area contributed by atoms with Crippen LogP contribution >= 0.6 is 0 Å². The van der Waals surface area contributed by atoms with Crippen molar-refractivity contribution in [2.24, 2.45) is 5.92 Å². The Bertz CT molecular complexity index is 831. The quantitative estimate of drug-likeness (QED) is 0.609. The highest BCUT2D eigenvalue weighted by Gasteiger charge is 2.22. The minimum atomic E-state index is -0.747. The van der Waals surface area contributed by atoms with Crippen molar-refractivity contribution in [2.45, 2.75) is 32.7 Å². The van der Waals surface area contributed by atoms with Crippen LogP contribution in [0.15, 0.2) is 24.4 Å². The number of H-pyrrole nitrogens is 1. The van der Waals surface area contributed by atoms with Crippen molar-refractivity contribution in [3.05, 3.63) is 35.8 Å². The predicted octanol–water partition coefficient (Wildman–Crippen LogP) is 1.67. The minimum Gasteiger partial charge on any atom is -0.467 e. The first-order chi connectivity index (χ1) is 12.8. The number of hydrogen-bond donors (Lipinski definition) is 3. The van der Waals surface area contributed by atoms with E-state index in [2.05, 4.69) is 20.4 Å². The molecule has 0 bridgehead atoms. The monoisotopic (exact) mass is 377 g/mol. The molecule has 2 rings (SSSR count). The molecule has 2 aromatic rings. The zero-order valence-corrected chi connectivity index (χ0v) is 15.6. The normalized spacial score (nSPS) is 12.0. The number of hydrogen-bond acceptors (Lipinski definition) is 4. The lowest BCUT2D eigenvalue weighted by Crippen LogP contribution is -2.46. The zero-order chi connectivity index (χ0) is 20.0. The van der Waals surface area contributed by atoms with E-state index in [0.717, 1.165) is 5.39 Å². The maximum Gasteiger partial charge on any atom is 0.328 e. The molecule has 1 atom stereocenters.